The molecule has 5 nitrogen and oxygen atoms in total. The standard InChI is InChI=1S/C14H22N2O3/c1-3-16(9-6-10-17)12-8-5-7-11(13(12)15)14(18)19-4-2/h5,7-8,17H,3-4,6,9-10,15H2,1-2H3. The number of anilines is 2. The number of esters is 1. The van der Waals surface area contributed by atoms with Gasteiger partial charge in [-0.1, -0.05) is 6.07 Å². The van der Waals surface area contributed by atoms with Crippen LogP contribution in [0.1, 0.15) is 30.6 Å². The molecule has 0 radical (unpaired) electrons. The monoisotopic (exact) mass is 266 g/mol. The molecule has 3 N–H and O–H groups in total. The van der Waals surface area contributed by atoms with Crippen LogP contribution >= 0.6 is 0 Å². The van der Waals surface area contributed by atoms with Crippen LogP contribution < -0.4 is 10.6 Å². The van der Waals surface area contributed by atoms with Crippen molar-refractivity contribution < 1.29 is 14.6 Å². The first kappa shape index (κ1) is 15.3. The zero-order chi connectivity index (χ0) is 14.3. The van der Waals surface area contributed by atoms with Gasteiger partial charge in [-0.25, -0.2) is 4.79 Å². The molecule has 0 bridgehead atoms. The summed E-state index contributed by atoms with van der Waals surface area (Å²) in [6.07, 6.45) is 0.664. The number of hydrogen-bond donors (Lipinski definition) is 2. The lowest BCUT2D eigenvalue weighted by Gasteiger charge is -2.25. The molecule has 1 rings (SSSR count). The van der Waals surface area contributed by atoms with Crippen LogP contribution in [0.3, 0.4) is 0 Å². The molecular weight excluding hydrogens is 244 g/mol. The third-order valence-electron chi connectivity index (χ3n) is 2.89. The van der Waals surface area contributed by atoms with Gasteiger partial charge in [-0.2, -0.15) is 0 Å². The first-order valence-electron chi connectivity index (χ1n) is 6.57. The number of ether oxygens (including phenoxy) is 1. The molecule has 0 aliphatic rings. The molecule has 5 heteroatoms. The number of benzene rings is 1. The van der Waals surface area contributed by atoms with Gasteiger partial charge in [0.25, 0.3) is 0 Å². The molecule has 0 aliphatic carbocycles. The van der Waals surface area contributed by atoms with Crippen molar-refractivity contribution in [2.45, 2.75) is 20.3 Å². The van der Waals surface area contributed by atoms with Gasteiger partial charge < -0.3 is 20.5 Å². The highest BCUT2D eigenvalue weighted by Gasteiger charge is 2.16. The number of carbonyl (C=O) groups excluding carboxylic acids is 1. The van der Waals surface area contributed by atoms with Crippen molar-refractivity contribution >= 4 is 17.3 Å². The summed E-state index contributed by atoms with van der Waals surface area (Å²) in [5.74, 6) is -0.403. The molecule has 0 saturated carbocycles. The van der Waals surface area contributed by atoms with Crippen molar-refractivity contribution in [2.24, 2.45) is 0 Å². The maximum Gasteiger partial charge on any atom is 0.340 e. The molecule has 0 aromatic heterocycles. The zero-order valence-corrected chi connectivity index (χ0v) is 11.6. The van der Waals surface area contributed by atoms with Crippen molar-refractivity contribution in [3.8, 4) is 0 Å². The van der Waals surface area contributed by atoms with Crippen LogP contribution in [0.4, 0.5) is 11.4 Å². The third-order valence-corrected chi connectivity index (χ3v) is 2.89. The highest BCUT2D eigenvalue weighted by molar-refractivity contribution is 5.98. The van der Waals surface area contributed by atoms with E-state index in [2.05, 4.69) is 0 Å². The van der Waals surface area contributed by atoms with Crippen LogP contribution in [0.5, 0.6) is 0 Å². The van der Waals surface area contributed by atoms with Gasteiger partial charge in [0.15, 0.2) is 0 Å². The van der Waals surface area contributed by atoms with E-state index in [0.29, 0.717) is 30.8 Å². The molecule has 106 valence electrons. The van der Waals surface area contributed by atoms with E-state index in [0.717, 1.165) is 12.2 Å². The Balaban J connectivity index is 3.01. The van der Waals surface area contributed by atoms with Gasteiger partial charge in [0.2, 0.25) is 0 Å². The number of nitrogens with zero attached hydrogens (tertiary/aromatic N) is 1. The Labute approximate surface area is 114 Å². The van der Waals surface area contributed by atoms with Gasteiger partial charge in [-0.15, -0.1) is 0 Å². The number of hydrogen-bond acceptors (Lipinski definition) is 5. The van der Waals surface area contributed by atoms with Gasteiger partial charge in [-0.3, -0.25) is 0 Å². The third kappa shape index (κ3) is 3.86. The minimum atomic E-state index is -0.403. The molecule has 0 heterocycles. The van der Waals surface area contributed by atoms with Crippen LogP contribution in [-0.2, 0) is 4.74 Å². The number of carbonyl (C=O) groups is 1. The van der Waals surface area contributed by atoms with Crippen LogP contribution in [0.15, 0.2) is 18.2 Å². The highest BCUT2D eigenvalue weighted by Crippen LogP contribution is 2.27. The Morgan fingerprint density at radius 2 is 2.16 bits per heavy atom. The van der Waals surface area contributed by atoms with E-state index in [9.17, 15) is 4.79 Å². The first-order chi connectivity index (χ1) is 9.15. The molecule has 0 spiro atoms. The Hall–Kier alpha value is -1.75. The van der Waals surface area contributed by atoms with Crippen molar-refractivity contribution in [2.75, 3.05) is 36.9 Å². The molecule has 0 atom stereocenters. The number of aliphatic hydroxyl groups is 1. The Morgan fingerprint density at radius 3 is 2.74 bits per heavy atom. The second kappa shape index (κ2) is 7.63. The number of aliphatic hydroxyl groups excluding tert-OH is 1. The van der Waals surface area contributed by atoms with Gasteiger partial charge in [-0.05, 0) is 32.4 Å². The van der Waals surface area contributed by atoms with E-state index < -0.39 is 5.97 Å². The molecule has 0 unspecified atom stereocenters. The summed E-state index contributed by atoms with van der Waals surface area (Å²) in [5.41, 5.74) is 7.69. The largest absolute Gasteiger partial charge is 0.462 e. The highest BCUT2D eigenvalue weighted by atomic mass is 16.5. The SMILES string of the molecule is CCOC(=O)c1cccc(N(CC)CCCO)c1N. The summed E-state index contributed by atoms with van der Waals surface area (Å²) >= 11 is 0. The smallest absolute Gasteiger partial charge is 0.340 e. The average molecular weight is 266 g/mol. The minimum Gasteiger partial charge on any atom is -0.462 e. The Morgan fingerprint density at radius 1 is 1.42 bits per heavy atom. The second-order valence-electron chi connectivity index (χ2n) is 4.12. The second-order valence-corrected chi connectivity index (χ2v) is 4.12. The quantitative estimate of drug-likeness (QED) is 0.580. The summed E-state index contributed by atoms with van der Waals surface area (Å²) in [4.78, 5) is 13.8. The van der Waals surface area contributed by atoms with E-state index in [1.165, 1.54) is 0 Å². The Kier molecular flexibility index (Phi) is 6.15. The molecule has 1 aromatic carbocycles. The van der Waals surface area contributed by atoms with E-state index in [1.54, 1.807) is 19.1 Å². The molecular formula is C14H22N2O3. The van der Waals surface area contributed by atoms with Crippen molar-refractivity contribution in [3.05, 3.63) is 23.8 Å². The fourth-order valence-electron chi connectivity index (χ4n) is 1.93. The van der Waals surface area contributed by atoms with Gasteiger partial charge in [0.05, 0.1) is 23.5 Å². The lowest BCUT2D eigenvalue weighted by atomic mass is 10.1. The zero-order valence-electron chi connectivity index (χ0n) is 11.6. The van der Waals surface area contributed by atoms with Crippen LogP contribution in [0, 0.1) is 0 Å². The Bertz CT molecular complexity index is 421. The maximum atomic E-state index is 11.8. The van der Waals surface area contributed by atoms with Crippen LogP contribution in [0.25, 0.3) is 0 Å². The number of nitrogen functional groups attached to an aromatic ring is 1. The number of rotatable bonds is 7. The molecule has 1 aromatic rings. The molecule has 0 amide bonds. The average Bonchev–Trinajstić information content (AvgIpc) is 2.41. The maximum absolute atomic E-state index is 11.8. The van der Waals surface area contributed by atoms with Crippen LogP contribution in [-0.4, -0.2) is 37.4 Å². The van der Waals surface area contributed by atoms with E-state index in [1.807, 2.05) is 17.9 Å². The summed E-state index contributed by atoms with van der Waals surface area (Å²) in [7, 11) is 0. The molecule has 0 saturated heterocycles. The summed E-state index contributed by atoms with van der Waals surface area (Å²) < 4.78 is 4.98. The van der Waals surface area contributed by atoms with Gasteiger partial charge >= 0.3 is 5.97 Å². The minimum absolute atomic E-state index is 0.133. The lowest BCUT2D eigenvalue weighted by Crippen LogP contribution is -2.26. The topological polar surface area (TPSA) is 75.8 Å². The van der Waals surface area contributed by atoms with Gasteiger partial charge in [0, 0.05) is 19.7 Å². The van der Waals surface area contributed by atoms with Crippen molar-refractivity contribution in [1.29, 1.82) is 0 Å². The normalized spacial score (nSPS) is 10.3. The summed E-state index contributed by atoms with van der Waals surface area (Å²) in [6, 6.07) is 5.33. The first-order valence-corrected chi connectivity index (χ1v) is 6.57. The van der Waals surface area contributed by atoms with E-state index in [-0.39, 0.29) is 6.61 Å². The van der Waals surface area contributed by atoms with E-state index in [4.69, 9.17) is 15.6 Å². The molecule has 0 aliphatic heterocycles. The van der Waals surface area contributed by atoms with Crippen LogP contribution in [0.2, 0.25) is 0 Å². The summed E-state index contributed by atoms with van der Waals surface area (Å²) in [5, 5.41) is 8.91. The molecule has 19 heavy (non-hydrogen) atoms. The predicted molar refractivity (Wildman–Crippen MR) is 76.4 cm³/mol. The fraction of sp³-hybridized carbons (Fsp3) is 0.500. The fourth-order valence-corrected chi connectivity index (χ4v) is 1.93. The molecule has 0 fully saturated rings. The van der Waals surface area contributed by atoms with Gasteiger partial charge in [0.1, 0.15) is 0 Å². The number of para-hydroxylation sites is 1. The van der Waals surface area contributed by atoms with Crippen molar-refractivity contribution in [1.82, 2.24) is 0 Å². The predicted octanol–water partition coefficient (Wildman–Crippen LogP) is 1.65. The lowest BCUT2D eigenvalue weighted by molar-refractivity contribution is 0.0527. The van der Waals surface area contributed by atoms with Crippen molar-refractivity contribution in [3.63, 3.8) is 0 Å². The summed E-state index contributed by atoms with van der Waals surface area (Å²) in [6.45, 7) is 5.68. The van der Waals surface area contributed by atoms with E-state index >= 15 is 0 Å². The number of nitrogens with two attached hydrogens (primary N) is 1.